The second-order valence-corrected chi connectivity index (χ2v) is 5.96. The molecule has 0 atom stereocenters. The first-order valence-corrected chi connectivity index (χ1v) is 7.91. The van der Waals surface area contributed by atoms with Gasteiger partial charge in [0.25, 0.3) is 0 Å². The van der Waals surface area contributed by atoms with E-state index in [0.29, 0.717) is 12.0 Å². The number of primary amides is 1. The molecule has 1 aromatic rings. The van der Waals surface area contributed by atoms with Crippen molar-refractivity contribution in [3.05, 3.63) is 59.4 Å². The number of fused-ring (bicyclic) bond motifs is 1. The summed E-state index contributed by atoms with van der Waals surface area (Å²) in [6.45, 7) is 8.06. The lowest BCUT2D eigenvalue weighted by atomic mass is 10.0. The minimum absolute atomic E-state index is 0.369. The second-order valence-electron chi connectivity index (χ2n) is 5.96. The van der Waals surface area contributed by atoms with Crippen LogP contribution in [0.3, 0.4) is 0 Å². The van der Waals surface area contributed by atoms with Crippen LogP contribution in [0.25, 0.3) is 0 Å². The van der Waals surface area contributed by atoms with Gasteiger partial charge in [-0.05, 0) is 42.5 Å². The van der Waals surface area contributed by atoms with Crippen molar-refractivity contribution >= 4 is 5.91 Å². The number of benzene rings is 1. The molecular formula is C18H23N3O. The Morgan fingerprint density at radius 3 is 2.95 bits per heavy atom. The lowest BCUT2D eigenvalue weighted by molar-refractivity contribution is 0.0999. The maximum absolute atomic E-state index is 11.5. The van der Waals surface area contributed by atoms with Gasteiger partial charge < -0.3 is 15.5 Å². The van der Waals surface area contributed by atoms with Crippen molar-refractivity contribution in [2.45, 2.75) is 25.8 Å². The van der Waals surface area contributed by atoms with Crippen molar-refractivity contribution in [1.29, 1.82) is 0 Å². The normalized spacial score (nSPS) is 17.2. The molecule has 0 spiro atoms. The molecule has 2 aliphatic rings. The van der Waals surface area contributed by atoms with Crippen LogP contribution >= 0.6 is 0 Å². The molecule has 0 radical (unpaired) electrons. The van der Waals surface area contributed by atoms with Gasteiger partial charge in [-0.1, -0.05) is 18.2 Å². The monoisotopic (exact) mass is 297 g/mol. The Kier molecular flexibility index (Phi) is 4.18. The van der Waals surface area contributed by atoms with E-state index in [1.54, 1.807) is 0 Å². The molecule has 4 heteroatoms. The topological polar surface area (TPSA) is 49.6 Å². The molecule has 1 fully saturated rings. The van der Waals surface area contributed by atoms with E-state index in [-0.39, 0.29) is 5.91 Å². The molecule has 2 N–H and O–H groups in total. The highest BCUT2D eigenvalue weighted by molar-refractivity contribution is 5.94. The maximum Gasteiger partial charge on any atom is 0.248 e. The first-order valence-electron chi connectivity index (χ1n) is 7.91. The van der Waals surface area contributed by atoms with Gasteiger partial charge in [-0.2, -0.15) is 0 Å². The van der Waals surface area contributed by atoms with Crippen LogP contribution < -0.4 is 5.73 Å². The molecule has 0 unspecified atom stereocenters. The van der Waals surface area contributed by atoms with Crippen LogP contribution in [0.15, 0.2) is 42.8 Å². The van der Waals surface area contributed by atoms with E-state index < -0.39 is 0 Å². The highest BCUT2D eigenvalue weighted by Gasteiger charge is 2.24. The first-order chi connectivity index (χ1) is 10.7. The van der Waals surface area contributed by atoms with Crippen molar-refractivity contribution < 1.29 is 4.79 Å². The molecule has 4 nitrogen and oxygen atoms in total. The molecule has 2 heterocycles. The van der Waals surface area contributed by atoms with E-state index in [1.165, 1.54) is 24.4 Å². The quantitative estimate of drug-likeness (QED) is 0.848. The molecule has 116 valence electrons. The summed E-state index contributed by atoms with van der Waals surface area (Å²) >= 11 is 0. The van der Waals surface area contributed by atoms with Crippen molar-refractivity contribution in [2.24, 2.45) is 5.73 Å². The molecule has 22 heavy (non-hydrogen) atoms. The largest absolute Gasteiger partial charge is 0.366 e. The van der Waals surface area contributed by atoms with E-state index in [2.05, 4.69) is 28.5 Å². The lowest BCUT2D eigenvalue weighted by Crippen LogP contribution is -2.40. The van der Waals surface area contributed by atoms with E-state index >= 15 is 0 Å². The SMILES string of the molecule is C=CCc1cc(CN2CCCN3CCC=C32)ccc1C(N)=O. The van der Waals surface area contributed by atoms with E-state index in [4.69, 9.17) is 5.73 Å². The van der Waals surface area contributed by atoms with E-state index in [0.717, 1.165) is 31.6 Å². The maximum atomic E-state index is 11.5. The molecule has 0 aliphatic carbocycles. The predicted molar refractivity (Wildman–Crippen MR) is 88.2 cm³/mol. The number of hydrogen-bond donors (Lipinski definition) is 1. The third kappa shape index (κ3) is 2.86. The zero-order valence-electron chi connectivity index (χ0n) is 12.9. The minimum atomic E-state index is -0.369. The van der Waals surface area contributed by atoms with Gasteiger partial charge in [0.1, 0.15) is 5.82 Å². The molecule has 3 rings (SSSR count). The zero-order valence-corrected chi connectivity index (χ0v) is 12.9. The van der Waals surface area contributed by atoms with Gasteiger partial charge in [0.2, 0.25) is 5.91 Å². The van der Waals surface area contributed by atoms with Gasteiger partial charge in [-0.25, -0.2) is 0 Å². The fourth-order valence-electron chi connectivity index (χ4n) is 3.41. The van der Waals surface area contributed by atoms with Crippen LogP contribution in [-0.4, -0.2) is 35.3 Å². The number of hydrogen-bond acceptors (Lipinski definition) is 3. The van der Waals surface area contributed by atoms with Gasteiger partial charge in [0.05, 0.1) is 0 Å². The Morgan fingerprint density at radius 1 is 1.32 bits per heavy atom. The Morgan fingerprint density at radius 2 is 2.18 bits per heavy atom. The molecule has 0 saturated carbocycles. The van der Waals surface area contributed by atoms with Crippen molar-refractivity contribution in [1.82, 2.24) is 9.80 Å². The standard InChI is InChI=1S/C18H23N3O/c1-2-5-15-12-14(7-8-16(15)18(19)22)13-21-11-4-10-20-9-3-6-17(20)21/h2,6-8,12H,1,3-5,9-11,13H2,(H2,19,22). The predicted octanol–water partition coefficient (Wildman–Crippen LogP) is 2.27. The fraction of sp³-hybridized carbons (Fsp3) is 0.389. The molecule has 0 bridgehead atoms. The molecule has 1 aromatic carbocycles. The number of nitrogens with two attached hydrogens (primary N) is 1. The summed E-state index contributed by atoms with van der Waals surface area (Å²) in [4.78, 5) is 16.4. The van der Waals surface area contributed by atoms with Gasteiger partial charge >= 0.3 is 0 Å². The summed E-state index contributed by atoms with van der Waals surface area (Å²) in [7, 11) is 0. The molecule has 1 saturated heterocycles. The Balaban J connectivity index is 1.81. The number of carbonyl (C=O) groups excluding carboxylic acids is 1. The van der Waals surface area contributed by atoms with Crippen LogP contribution in [0, 0.1) is 0 Å². The highest BCUT2D eigenvalue weighted by Crippen LogP contribution is 2.26. The smallest absolute Gasteiger partial charge is 0.248 e. The van der Waals surface area contributed by atoms with Crippen LogP contribution in [0.4, 0.5) is 0 Å². The molecule has 1 amide bonds. The molecule has 2 aliphatic heterocycles. The summed E-state index contributed by atoms with van der Waals surface area (Å²) in [6.07, 6.45) is 7.17. The average Bonchev–Trinajstić information content (AvgIpc) is 2.97. The van der Waals surface area contributed by atoms with Crippen molar-refractivity contribution in [2.75, 3.05) is 19.6 Å². The summed E-state index contributed by atoms with van der Waals surface area (Å²) in [5.41, 5.74) is 8.24. The zero-order chi connectivity index (χ0) is 15.5. The third-order valence-electron chi connectivity index (χ3n) is 4.40. The van der Waals surface area contributed by atoms with Gasteiger partial charge in [-0.15, -0.1) is 6.58 Å². The van der Waals surface area contributed by atoms with Crippen LogP contribution in [0.1, 0.15) is 34.3 Å². The second kappa shape index (κ2) is 6.26. The van der Waals surface area contributed by atoms with E-state index in [9.17, 15) is 4.79 Å². The Hall–Kier alpha value is -2.23. The summed E-state index contributed by atoms with van der Waals surface area (Å²) in [5, 5.41) is 0. The number of carbonyl (C=O) groups is 1. The van der Waals surface area contributed by atoms with Crippen LogP contribution in [-0.2, 0) is 13.0 Å². The molecule has 0 aromatic heterocycles. The van der Waals surface area contributed by atoms with Gasteiger partial charge in [0.15, 0.2) is 0 Å². The number of allylic oxidation sites excluding steroid dienone is 1. The van der Waals surface area contributed by atoms with E-state index in [1.807, 2.05) is 18.2 Å². The Labute approximate surface area is 131 Å². The number of amides is 1. The fourth-order valence-corrected chi connectivity index (χ4v) is 3.41. The summed E-state index contributed by atoms with van der Waals surface area (Å²) < 4.78 is 0. The number of rotatable bonds is 5. The van der Waals surface area contributed by atoms with Crippen LogP contribution in [0.5, 0.6) is 0 Å². The Bertz CT molecular complexity index is 621. The lowest BCUT2D eigenvalue weighted by Gasteiger charge is -2.38. The molecular weight excluding hydrogens is 274 g/mol. The first kappa shape index (κ1) is 14.7. The van der Waals surface area contributed by atoms with Crippen LogP contribution in [0.2, 0.25) is 0 Å². The summed E-state index contributed by atoms with van der Waals surface area (Å²) in [6, 6.07) is 5.96. The van der Waals surface area contributed by atoms with Gasteiger partial charge in [-0.3, -0.25) is 4.79 Å². The van der Waals surface area contributed by atoms with Gasteiger partial charge in [0, 0.05) is 31.7 Å². The number of nitrogens with zero attached hydrogens (tertiary/aromatic N) is 2. The average molecular weight is 297 g/mol. The minimum Gasteiger partial charge on any atom is -0.366 e. The third-order valence-corrected chi connectivity index (χ3v) is 4.40. The van der Waals surface area contributed by atoms with Crippen molar-refractivity contribution in [3.8, 4) is 0 Å². The highest BCUT2D eigenvalue weighted by atomic mass is 16.1. The summed E-state index contributed by atoms with van der Waals surface area (Å²) in [5.74, 6) is 1.00. The van der Waals surface area contributed by atoms with Crippen molar-refractivity contribution in [3.63, 3.8) is 0 Å².